The van der Waals surface area contributed by atoms with E-state index >= 15 is 0 Å². The van der Waals surface area contributed by atoms with Crippen molar-refractivity contribution >= 4 is 11.0 Å². The Kier molecular flexibility index (Phi) is 2.25. The molecule has 0 saturated heterocycles. The molecule has 74 valence electrons. The number of imidazole rings is 1. The molecule has 1 heterocycles. The maximum atomic E-state index is 5.62. The number of hydrogen-bond donors (Lipinski definition) is 1. The molecule has 0 aliphatic heterocycles. The summed E-state index contributed by atoms with van der Waals surface area (Å²) in [5, 5.41) is 0. The highest BCUT2D eigenvalue weighted by molar-refractivity contribution is 5.79. The Morgan fingerprint density at radius 2 is 2.21 bits per heavy atom. The molecular formula is C11H15N3. The highest BCUT2D eigenvalue weighted by atomic mass is 15.1. The molecule has 2 aromatic rings. The number of aryl methyl sites for hydroxylation is 2. The molecule has 0 atom stereocenters. The van der Waals surface area contributed by atoms with Crippen molar-refractivity contribution in [3.63, 3.8) is 0 Å². The second-order valence-corrected chi connectivity index (χ2v) is 3.43. The van der Waals surface area contributed by atoms with Gasteiger partial charge in [-0.2, -0.15) is 0 Å². The Morgan fingerprint density at radius 1 is 1.43 bits per heavy atom. The van der Waals surface area contributed by atoms with Gasteiger partial charge in [0.1, 0.15) is 5.82 Å². The van der Waals surface area contributed by atoms with Gasteiger partial charge >= 0.3 is 0 Å². The number of para-hydroxylation sites is 1. The van der Waals surface area contributed by atoms with Crippen LogP contribution >= 0.6 is 0 Å². The van der Waals surface area contributed by atoms with E-state index in [4.69, 9.17) is 5.73 Å². The van der Waals surface area contributed by atoms with Crippen molar-refractivity contribution in [1.82, 2.24) is 9.55 Å². The van der Waals surface area contributed by atoms with Gasteiger partial charge in [-0.25, -0.2) is 4.98 Å². The summed E-state index contributed by atoms with van der Waals surface area (Å²) in [6.45, 7) is 2.64. The minimum absolute atomic E-state index is 0.494. The van der Waals surface area contributed by atoms with Crippen molar-refractivity contribution in [2.75, 3.05) is 0 Å². The predicted octanol–water partition coefficient (Wildman–Crippen LogP) is 1.59. The zero-order valence-electron chi connectivity index (χ0n) is 8.62. The number of hydrogen-bond acceptors (Lipinski definition) is 2. The van der Waals surface area contributed by atoms with E-state index in [-0.39, 0.29) is 0 Å². The maximum Gasteiger partial charge on any atom is 0.123 e. The van der Waals surface area contributed by atoms with Gasteiger partial charge in [0.25, 0.3) is 0 Å². The van der Waals surface area contributed by atoms with Gasteiger partial charge < -0.3 is 10.3 Å². The number of nitrogens with two attached hydrogens (primary N) is 1. The fourth-order valence-electron chi connectivity index (χ4n) is 1.79. The minimum atomic E-state index is 0.494. The van der Waals surface area contributed by atoms with E-state index in [9.17, 15) is 0 Å². The Labute approximate surface area is 83.6 Å². The summed E-state index contributed by atoms with van der Waals surface area (Å²) in [6, 6.07) is 6.28. The number of rotatable bonds is 2. The van der Waals surface area contributed by atoms with E-state index in [2.05, 4.69) is 34.7 Å². The first-order valence-corrected chi connectivity index (χ1v) is 4.91. The third-order valence-electron chi connectivity index (χ3n) is 2.65. The third-order valence-corrected chi connectivity index (χ3v) is 2.65. The summed E-state index contributed by atoms with van der Waals surface area (Å²) >= 11 is 0. The van der Waals surface area contributed by atoms with Crippen LogP contribution in [0.25, 0.3) is 11.0 Å². The van der Waals surface area contributed by atoms with Crippen LogP contribution in [-0.2, 0) is 20.0 Å². The highest BCUT2D eigenvalue weighted by Gasteiger charge is 2.08. The van der Waals surface area contributed by atoms with Crippen molar-refractivity contribution in [3.05, 3.63) is 29.6 Å². The molecule has 0 spiro atoms. The summed E-state index contributed by atoms with van der Waals surface area (Å²) in [6.07, 6.45) is 1.01. The smallest absolute Gasteiger partial charge is 0.123 e. The van der Waals surface area contributed by atoms with Gasteiger partial charge in [-0.3, -0.25) is 0 Å². The zero-order chi connectivity index (χ0) is 10.1. The lowest BCUT2D eigenvalue weighted by Crippen LogP contribution is -2.04. The molecule has 0 fully saturated rings. The average molecular weight is 189 g/mol. The van der Waals surface area contributed by atoms with Crippen LogP contribution in [0, 0.1) is 0 Å². The first kappa shape index (κ1) is 9.21. The summed E-state index contributed by atoms with van der Waals surface area (Å²) in [5.41, 5.74) is 9.18. The summed E-state index contributed by atoms with van der Waals surface area (Å²) < 4.78 is 2.06. The molecule has 2 rings (SSSR count). The van der Waals surface area contributed by atoms with E-state index in [1.165, 1.54) is 11.1 Å². The monoisotopic (exact) mass is 189 g/mol. The molecule has 0 saturated carbocycles. The van der Waals surface area contributed by atoms with Crippen LogP contribution in [-0.4, -0.2) is 9.55 Å². The Morgan fingerprint density at radius 3 is 2.86 bits per heavy atom. The highest BCUT2D eigenvalue weighted by Crippen LogP contribution is 2.19. The molecule has 3 heteroatoms. The van der Waals surface area contributed by atoms with Crippen molar-refractivity contribution in [3.8, 4) is 0 Å². The lowest BCUT2D eigenvalue weighted by molar-refractivity contribution is 0.813. The van der Waals surface area contributed by atoms with E-state index in [1.54, 1.807) is 0 Å². The SMILES string of the molecule is CCc1cccc2c1nc(CN)n2C. The number of benzene rings is 1. The Hall–Kier alpha value is -1.35. The molecule has 2 N–H and O–H groups in total. The lowest BCUT2D eigenvalue weighted by Gasteiger charge is -1.99. The van der Waals surface area contributed by atoms with Gasteiger partial charge in [-0.05, 0) is 18.1 Å². The van der Waals surface area contributed by atoms with Crippen molar-refractivity contribution in [2.24, 2.45) is 12.8 Å². The fourth-order valence-corrected chi connectivity index (χ4v) is 1.79. The van der Waals surface area contributed by atoms with Crippen LogP contribution < -0.4 is 5.73 Å². The molecular weight excluding hydrogens is 174 g/mol. The predicted molar refractivity (Wildman–Crippen MR) is 58.0 cm³/mol. The molecule has 0 aliphatic rings. The quantitative estimate of drug-likeness (QED) is 0.779. The molecule has 1 aromatic carbocycles. The van der Waals surface area contributed by atoms with Crippen molar-refractivity contribution < 1.29 is 0 Å². The summed E-state index contributed by atoms with van der Waals surface area (Å²) in [7, 11) is 2.01. The average Bonchev–Trinajstić information content (AvgIpc) is 2.55. The first-order valence-electron chi connectivity index (χ1n) is 4.91. The molecule has 0 radical (unpaired) electrons. The van der Waals surface area contributed by atoms with Crippen molar-refractivity contribution in [2.45, 2.75) is 19.9 Å². The molecule has 0 unspecified atom stereocenters. The van der Waals surface area contributed by atoms with E-state index in [1.807, 2.05) is 7.05 Å². The largest absolute Gasteiger partial charge is 0.330 e. The Balaban J connectivity index is 2.77. The molecule has 0 bridgehead atoms. The maximum absolute atomic E-state index is 5.62. The molecule has 3 nitrogen and oxygen atoms in total. The van der Waals surface area contributed by atoms with Crippen LogP contribution in [0.5, 0.6) is 0 Å². The van der Waals surface area contributed by atoms with Crippen molar-refractivity contribution in [1.29, 1.82) is 0 Å². The standard InChI is InChI=1S/C11H15N3/c1-3-8-5-4-6-9-11(8)13-10(7-12)14(9)2/h4-6H,3,7,12H2,1-2H3. The molecule has 14 heavy (non-hydrogen) atoms. The fraction of sp³-hybridized carbons (Fsp3) is 0.364. The van der Waals surface area contributed by atoms with Gasteiger partial charge in [-0.1, -0.05) is 19.1 Å². The van der Waals surface area contributed by atoms with Gasteiger partial charge in [0, 0.05) is 7.05 Å². The Bertz CT molecular complexity index is 457. The second kappa shape index (κ2) is 3.42. The van der Waals surface area contributed by atoms with Gasteiger partial charge in [0.05, 0.1) is 17.6 Å². The van der Waals surface area contributed by atoms with E-state index in [0.29, 0.717) is 6.54 Å². The molecule has 1 aromatic heterocycles. The van der Waals surface area contributed by atoms with E-state index in [0.717, 1.165) is 17.8 Å². The van der Waals surface area contributed by atoms with Crippen LogP contribution in [0.1, 0.15) is 18.3 Å². The van der Waals surface area contributed by atoms with Crippen LogP contribution in [0.4, 0.5) is 0 Å². The topological polar surface area (TPSA) is 43.8 Å². The van der Waals surface area contributed by atoms with E-state index < -0.39 is 0 Å². The van der Waals surface area contributed by atoms with Gasteiger partial charge in [0.15, 0.2) is 0 Å². The number of nitrogens with zero attached hydrogens (tertiary/aromatic N) is 2. The second-order valence-electron chi connectivity index (χ2n) is 3.43. The van der Waals surface area contributed by atoms with Crippen LogP contribution in [0.15, 0.2) is 18.2 Å². The number of aromatic nitrogens is 2. The minimum Gasteiger partial charge on any atom is -0.330 e. The van der Waals surface area contributed by atoms with Crippen LogP contribution in [0.2, 0.25) is 0 Å². The van der Waals surface area contributed by atoms with Gasteiger partial charge in [-0.15, -0.1) is 0 Å². The van der Waals surface area contributed by atoms with Crippen LogP contribution in [0.3, 0.4) is 0 Å². The third kappa shape index (κ3) is 1.21. The summed E-state index contributed by atoms with van der Waals surface area (Å²) in [5.74, 6) is 0.945. The molecule has 0 amide bonds. The number of fused-ring (bicyclic) bond motifs is 1. The summed E-state index contributed by atoms with van der Waals surface area (Å²) in [4.78, 5) is 4.54. The molecule has 0 aliphatic carbocycles. The normalized spacial score (nSPS) is 11.1. The van der Waals surface area contributed by atoms with Gasteiger partial charge in [0.2, 0.25) is 0 Å². The zero-order valence-corrected chi connectivity index (χ0v) is 8.62. The first-order chi connectivity index (χ1) is 6.77. The lowest BCUT2D eigenvalue weighted by atomic mass is 10.1.